The lowest BCUT2D eigenvalue weighted by Crippen LogP contribution is -2.29. The quantitative estimate of drug-likeness (QED) is 0.708. The molecular formula is C20H18FN3O4. The van der Waals surface area contributed by atoms with Crippen LogP contribution in [0.1, 0.15) is 0 Å². The lowest BCUT2D eigenvalue weighted by molar-refractivity contribution is -0.117. The highest BCUT2D eigenvalue weighted by Crippen LogP contribution is 2.24. The Kier molecular flexibility index (Phi) is 5.69. The molecule has 0 fully saturated rings. The number of carbonyl (C=O) groups is 1. The maximum absolute atomic E-state index is 14.3. The summed E-state index contributed by atoms with van der Waals surface area (Å²) in [4.78, 5) is 24.4. The van der Waals surface area contributed by atoms with Crippen LogP contribution in [-0.4, -0.2) is 29.9 Å². The minimum atomic E-state index is -0.544. The first kappa shape index (κ1) is 19.1. The van der Waals surface area contributed by atoms with Crippen LogP contribution in [0, 0.1) is 5.82 Å². The van der Waals surface area contributed by atoms with Crippen molar-refractivity contribution in [3.05, 3.63) is 70.8 Å². The molecule has 0 saturated carbocycles. The first-order chi connectivity index (χ1) is 13.5. The van der Waals surface area contributed by atoms with Crippen LogP contribution in [-0.2, 0) is 11.3 Å². The van der Waals surface area contributed by atoms with Crippen molar-refractivity contribution >= 4 is 11.6 Å². The third-order valence-electron chi connectivity index (χ3n) is 3.97. The average molecular weight is 383 g/mol. The van der Waals surface area contributed by atoms with Gasteiger partial charge in [-0.15, -0.1) is 0 Å². The Morgan fingerprint density at radius 2 is 1.82 bits per heavy atom. The van der Waals surface area contributed by atoms with Crippen molar-refractivity contribution in [2.24, 2.45) is 0 Å². The number of nitrogens with zero attached hydrogens (tertiary/aromatic N) is 2. The summed E-state index contributed by atoms with van der Waals surface area (Å²) in [6, 6.07) is 13.8. The van der Waals surface area contributed by atoms with E-state index < -0.39 is 17.3 Å². The molecule has 7 nitrogen and oxygen atoms in total. The number of ether oxygens (including phenoxy) is 2. The standard InChI is InChI=1S/C20H18FN3O4/c1-27-14-5-3-4-13(10-14)22-19(25)12-24-20(26)9-8-18(23-24)16-7-6-15(28-2)11-17(16)21/h3-11H,12H2,1-2H3,(H,22,25). The second-order valence-electron chi connectivity index (χ2n) is 5.84. The van der Waals surface area contributed by atoms with E-state index in [0.29, 0.717) is 17.2 Å². The normalized spacial score (nSPS) is 10.4. The predicted molar refractivity (Wildman–Crippen MR) is 102 cm³/mol. The van der Waals surface area contributed by atoms with E-state index in [1.165, 1.54) is 38.5 Å². The summed E-state index contributed by atoms with van der Waals surface area (Å²) >= 11 is 0. The van der Waals surface area contributed by atoms with Crippen LogP contribution in [0.3, 0.4) is 0 Å². The summed E-state index contributed by atoms with van der Waals surface area (Å²) in [7, 11) is 2.96. The van der Waals surface area contributed by atoms with E-state index in [4.69, 9.17) is 9.47 Å². The maximum atomic E-state index is 14.3. The van der Waals surface area contributed by atoms with Crippen LogP contribution >= 0.6 is 0 Å². The Morgan fingerprint density at radius 1 is 1.07 bits per heavy atom. The highest BCUT2D eigenvalue weighted by Gasteiger charge is 2.12. The molecule has 144 valence electrons. The van der Waals surface area contributed by atoms with Crippen LogP contribution < -0.4 is 20.3 Å². The third kappa shape index (κ3) is 4.35. The average Bonchev–Trinajstić information content (AvgIpc) is 2.69. The van der Waals surface area contributed by atoms with Crippen molar-refractivity contribution in [3.8, 4) is 22.8 Å². The zero-order valence-electron chi connectivity index (χ0n) is 15.3. The van der Waals surface area contributed by atoms with E-state index in [0.717, 1.165) is 4.68 Å². The van der Waals surface area contributed by atoms with Crippen LogP contribution in [0.15, 0.2) is 59.4 Å². The maximum Gasteiger partial charge on any atom is 0.267 e. The fraction of sp³-hybridized carbons (Fsp3) is 0.150. The number of methoxy groups -OCH3 is 2. The summed E-state index contributed by atoms with van der Waals surface area (Å²) in [6.07, 6.45) is 0. The molecular weight excluding hydrogens is 365 g/mol. The number of nitrogens with one attached hydrogen (secondary N) is 1. The molecule has 2 aromatic carbocycles. The van der Waals surface area contributed by atoms with Crippen molar-refractivity contribution in [1.29, 1.82) is 0 Å². The molecule has 1 N–H and O–H groups in total. The fourth-order valence-electron chi connectivity index (χ4n) is 2.57. The molecule has 3 rings (SSSR count). The molecule has 3 aromatic rings. The number of hydrogen-bond donors (Lipinski definition) is 1. The van der Waals surface area contributed by atoms with E-state index >= 15 is 0 Å². The zero-order valence-corrected chi connectivity index (χ0v) is 15.3. The molecule has 0 radical (unpaired) electrons. The largest absolute Gasteiger partial charge is 0.497 e. The second kappa shape index (κ2) is 8.34. The fourth-order valence-corrected chi connectivity index (χ4v) is 2.57. The Balaban J connectivity index is 1.81. The van der Waals surface area contributed by atoms with Crippen molar-refractivity contribution in [1.82, 2.24) is 9.78 Å². The molecule has 0 spiro atoms. The van der Waals surface area contributed by atoms with Crippen LogP contribution in [0.25, 0.3) is 11.3 Å². The lowest BCUT2D eigenvalue weighted by Gasteiger charge is -2.10. The summed E-state index contributed by atoms with van der Waals surface area (Å²) in [6.45, 7) is -0.318. The van der Waals surface area contributed by atoms with Crippen molar-refractivity contribution in [3.63, 3.8) is 0 Å². The summed E-state index contributed by atoms with van der Waals surface area (Å²) < 4.78 is 25.3. The van der Waals surface area contributed by atoms with Gasteiger partial charge in [0.25, 0.3) is 5.56 Å². The Morgan fingerprint density at radius 3 is 2.54 bits per heavy atom. The molecule has 1 amide bonds. The predicted octanol–water partition coefficient (Wildman–Crippen LogP) is 2.71. The van der Waals surface area contributed by atoms with E-state index in [-0.39, 0.29) is 17.8 Å². The zero-order chi connectivity index (χ0) is 20.1. The number of amides is 1. The van der Waals surface area contributed by atoms with Gasteiger partial charge in [-0.05, 0) is 30.3 Å². The molecule has 1 aromatic heterocycles. The monoisotopic (exact) mass is 383 g/mol. The van der Waals surface area contributed by atoms with Gasteiger partial charge in [-0.1, -0.05) is 6.07 Å². The van der Waals surface area contributed by atoms with E-state index in [2.05, 4.69) is 10.4 Å². The van der Waals surface area contributed by atoms with E-state index in [9.17, 15) is 14.0 Å². The van der Waals surface area contributed by atoms with Gasteiger partial charge in [-0.25, -0.2) is 9.07 Å². The highest BCUT2D eigenvalue weighted by atomic mass is 19.1. The molecule has 0 atom stereocenters. The second-order valence-corrected chi connectivity index (χ2v) is 5.84. The van der Waals surface area contributed by atoms with Gasteiger partial charge in [0.15, 0.2) is 0 Å². The highest BCUT2D eigenvalue weighted by molar-refractivity contribution is 5.90. The molecule has 0 aliphatic carbocycles. The van der Waals surface area contributed by atoms with Crippen molar-refractivity contribution in [2.45, 2.75) is 6.54 Å². The molecule has 28 heavy (non-hydrogen) atoms. The Bertz CT molecular complexity index is 1070. The SMILES string of the molecule is COc1cccc(NC(=O)Cn2nc(-c3ccc(OC)cc3F)ccc2=O)c1. The van der Waals surface area contributed by atoms with Crippen LogP contribution in [0.2, 0.25) is 0 Å². The summed E-state index contributed by atoms with van der Waals surface area (Å²) in [5, 5.41) is 6.78. The smallest absolute Gasteiger partial charge is 0.267 e. The summed E-state index contributed by atoms with van der Waals surface area (Å²) in [5.41, 5.74) is 0.477. The number of benzene rings is 2. The number of rotatable bonds is 6. The van der Waals surface area contributed by atoms with Crippen molar-refractivity contribution in [2.75, 3.05) is 19.5 Å². The minimum absolute atomic E-state index is 0.197. The van der Waals surface area contributed by atoms with Gasteiger partial charge in [-0.3, -0.25) is 9.59 Å². The van der Waals surface area contributed by atoms with Gasteiger partial charge in [0.2, 0.25) is 5.91 Å². The number of carbonyl (C=O) groups excluding carboxylic acids is 1. The lowest BCUT2D eigenvalue weighted by atomic mass is 10.1. The van der Waals surface area contributed by atoms with Gasteiger partial charge in [0.1, 0.15) is 23.9 Å². The van der Waals surface area contributed by atoms with E-state index in [1.54, 1.807) is 30.3 Å². The number of hydrogen-bond acceptors (Lipinski definition) is 5. The van der Waals surface area contributed by atoms with Crippen molar-refractivity contribution < 1.29 is 18.7 Å². The van der Waals surface area contributed by atoms with Gasteiger partial charge in [0, 0.05) is 29.4 Å². The Labute approximate surface area is 160 Å². The third-order valence-corrected chi connectivity index (χ3v) is 3.97. The number of aromatic nitrogens is 2. The molecule has 8 heteroatoms. The first-order valence-corrected chi connectivity index (χ1v) is 8.36. The molecule has 0 aliphatic rings. The first-order valence-electron chi connectivity index (χ1n) is 8.36. The van der Waals surface area contributed by atoms with Gasteiger partial charge in [-0.2, -0.15) is 5.10 Å². The molecule has 0 unspecified atom stereocenters. The van der Waals surface area contributed by atoms with E-state index in [1.807, 2.05) is 0 Å². The molecule has 0 bridgehead atoms. The van der Waals surface area contributed by atoms with Gasteiger partial charge < -0.3 is 14.8 Å². The van der Waals surface area contributed by atoms with Crippen LogP contribution in [0.5, 0.6) is 11.5 Å². The van der Waals surface area contributed by atoms with Gasteiger partial charge in [0.05, 0.1) is 19.9 Å². The molecule has 1 heterocycles. The molecule has 0 saturated heterocycles. The minimum Gasteiger partial charge on any atom is -0.497 e. The molecule has 0 aliphatic heterocycles. The number of halogens is 1. The van der Waals surface area contributed by atoms with Gasteiger partial charge >= 0.3 is 0 Å². The topological polar surface area (TPSA) is 82.4 Å². The summed E-state index contributed by atoms with van der Waals surface area (Å²) in [5.74, 6) is -0.0367. The van der Waals surface area contributed by atoms with Crippen LogP contribution in [0.4, 0.5) is 10.1 Å². The number of anilines is 1. The Hall–Kier alpha value is -3.68.